The van der Waals surface area contributed by atoms with Gasteiger partial charge < -0.3 is 10.1 Å². The lowest BCUT2D eigenvalue weighted by Crippen LogP contribution is -2.29. The maximum atomic E-state index is 13.4. The molecule has 0 aliphatic rings. The van der Waals surface area contributed by atoms with Crippen LogP contribution in [0.5, 0.6) is 5.75 Å². The summed E-state index contributed by atoms with van der Waals surface area (Å²) >= 11 is 7.99. The number of thioether (sulfide) groups is 1. The Hall–Kier alpha value is -3.69. The first-order chi connectivity index (χ1) is 18.6. The molecule has 0 saturated carbocycles. The van der Waals surface area contributed by atoms with Crippen LogP contribution in [-0.2, 0) is 22.3 Å². The first kappa shape index (κ1) is 28.3. The van der Waals surface area contributed by atoms with Gasteiger partial charge in [-0.2, -0.15) is 13.2 Å². The van der Waals surface area contributed by atoms with Gasteiger partial charge in [-0.25, -0.2) is 0 Å². The van der Waals surface area contributed by atoms with E-state index in [0.29, 0.717) is 20.9 Å². The third-order valence-electron chi connectivity index (χ3n) is 4.86. The number of hydrogen-bond donors (Lipinski definition) is 2. The molecule has 204 valence electrons. The molecule has 0 aliphatic carbocycles. The quantitative estimate of drug-likeness (QED) is 0.256. The number of hydrogen-bond acceptors (Lipinski definition) is 9. The molecule has 2 N–H and O–H groups in total. The van der Waals surface area contributed by atoms with Crippen molar-refractivity contribution in [3.05, 3.63) is 69.9 Å². The number of amides is 2. The Kier molecular flexibility index (Phi) is 9.04. The molecule has 0 saturated heterocycles. The van der Waals surface area contributed by atoms with Gasteiger partial charge >= 0.3 is 6.18 Å². The van der Waals surface area contributed by atoms with Crippen LogP contribution in [0, 0.1) is 6.92 Å². The molecule has 2 aromatic heterocycles. The van der Waals surface area contributed by atoms with E-state index in [4.69, 9.17) is 16.3 Å². The number of carbonyl (C=O) groups excluding carboxylic acids is 2. The number of ether oxygens (including phenoxy) is 1. The van der Waals surface area contributed by atoms with E-state index in [1.54, 1.807) is 31.2 Å². The minimum atomic E-state index is -4.58. The second-order valence-corrected chi connectivity index (χ2v) is 10.3. The molecule has 39 heavy (non-hydrogen) atoms. The van der Waals surface area contributed by atoms with Crippen LogP contribution in [0.1, 0.15) is 16.4 Å². The van der Waals surface area contributed by atoms with Crippen LogP contribution in [0.2, 0.25) is 5.02 Å². The molecule has 4 rings (SSSR count). The molecule has 0 aliphatic heterocycles. The van der Waals surface area contributed by atoms with E-state index in [2.05, 4.69) is 31.0 Å². The van der Waals surface area contributed by atoms with E-state index in [1.165, 1.54) is 28.0 Å². The fourth-order valence-electron chi connectivity index (χ4n) is 3.13. The number of aromatic nitrogens is 5. The Morgan fingerprint density at radius 2 is 1.85 bits per heavy atom. The molecule has 0 bridgehead atoms. The van der Waals surface area contributed by atoms with Crippen molar-refractivity contribution in [1.29, 1.82) is 0 Å². The van der Waals surface area contributed by atoms with Gasteiger partial charge in [-0.15, -0.1) is 20.4 Å². The summed E-state index contributed by atoms with van der Waals surface area (Å²) < 4.78 is 46.9. The Morgan fingerprint density at radius 1 is 1.08 bits per heavy atom. The summed E-state index contributed by atoms with van der Waals surface area (Å²) in [5, 5.41) is 22.6. The largest absolute Gasteiger partial charge is 0.484 e. The van der Waals surface area contributed by atoms with Crippen molar-refractivity contribution in [3.8, 4) is 11.4 Å². The van der Waals surface area contributed by atoms with Gasteiger partial charge in [0, 0.05) is 5.02 Å². The molecule has 4 aromatic rings. The molecule has 0 unspecified atom stereocenters. The zero-order valence-corrected chi connectivity index (χ0v) is 22.4. The van der Waals surface area contributed by atoms with Crippen LogP contribution in [0.25, 0.3) is 5.69 Å². The SMILES string of the molecule is Cc1nnc(NC(=O)CSc2nnc(CNC(=O)COc3ccc(Cl)cc3)n2-c2cccc(C(F)(F)F)c2)s1. The lowest BCUT2D eigenvalue weighted by Gasteiger charge is -2.13. The number of aryl methyl sites for hydroxylation is 1. The normalized spacial score (nSPS) is 11.3. The molecule has 0 radical (unpaired) electrons. The Morgan fingerprint density at radius 3 is 2.54 bits per heavy atom. The number of nitrogens with zero attached hydrogens (tertiary/aromatic N) is 5. The van der Waals surface area contributed by atoms with Crippen LogP contribution >= 0.6 is 34.7 Å². The van der Waals surface area contributed by atoms with E-state index < -0.39 is 23.6 Å². The number of nitrogens with one attached hydrogen (secondary N) is 2. The van der Waals surface area contributed by atoms with Crippen molar-refractivity contribution in [2.45, 2.75) is 24.8 Å². The molecule has 2 heterocycles. The number of carbonyl (C=O) groups is 2. The first-order valence-corrected chi connectivity index (χ1v) is 13.3. The molecule has 2 aromatic carbocycles. The lowest BCUT2D eigenvalue weighted by atomic mass is 10.2. The smallest absolute Gasteiger partial charge is 0.416 e. The summed E-state index contributed by atoms with van der Waals surface area (Å²) in [4.78, 5) is 24.7. The standard InChI is InChI=1S/C23H19ClF3N7O3S2/c1-13-30-32-21(39-13)29-20(36)12-38-22-33-31-18(34(22)16-4-2-3-14(9-16)23(25,26)27)10-28-19(35)11-37-17-7-5-15(24)6-8-17/h2-9H,10-12H2,1H3,(H,28,35)(H,29,32,36). The zero-order chi connectivity index (χ0) is 28.0. The van der Waals surface area contributed by atoms with Crippen LogP contribution in [-0.4, -0.2) is 49.1 Å². The fraction of sp³-hybridized carbons (Fsp3) is 0.217. The summed E-state index contributed by atoms with van der Waals surface area (Å²) in [5.41, 5.74) is -0.764. The maximum Gasteiger partial charge on any atom is 0.416 e. The fourth-order valence-corrected chi connectivity index (χ4v) is 4.63. The highest BCUT2D eigenvalue weighted by atomic mass is 35.5. The van der Waals surface area contributed by atoms with Gasteiger partial charge in [0.15, 0.2) is 17.6 Å². The van der Waals surface area contributed by atoms with E-state index in [9.17, 15) is 22.8 Å². The summed E-state index contributed by atoms with van der Waals surface area (Å²) in [6, 6.07) is 11.0. The van der Waals surface area contributed by atoms with Crippen molar-refractivity contribution >= 4 is 51.6 Å². The minimum absolute atomic E-state index is 0.110. The summed E-state index contributed by atoms with van der Waals surface area (Å²) in [6.07, 6.45) is -4.58. The average Bonchev–Trinajstić information content (AvgIpc) is 3.50. The van der Waals surface area contributed by atoms with E-state index in [0.717, 1.165) is 23.9 Å². The Bertz CT molecular complexity index is 1460. The molecule has 2 amide bonds. The predicted molar refractivity (Wildman–Crippen MR) is 139 cm³/mol. The second-order valence-electron chi connectivity index (χ2n) is 7.76. The summed E-state index contributed by atoms with van der Waals surface area (Å²) in [7, 11) is 0. The summed E-state index contributed by atoms with van der Waals surface area (Å²) in [5.74, 6) is -0.454. The van der Waals surface area contributed by atoms with Crippen molar-refractivity contribution in [3.63, 3.8) is 0 Å². The Labute approximate surface area is 232 Å². The van der Waals surface area contributed by atoms with E-state index >= 15 is 0 Å². The highest BCUT2D eigenvalue weighted by Gasteiger charge is 2.31. The van der Waals surface area contributed by atoms with E-state index in [-0.39, 0.29) is 35.6 Å². The lowest BCUT2D eigenvalue weighted by molar-refractivity contribution is -0.137. The van der Waals surface area contributed by atoms with Crippen LogP contribution in [0.4, 0.5) is 18.3 Å². The van der Waals surface area contributed by atoms with Crippen molar-refractivity contribution in [2.24, 2.45) is 0 Å². The number of alkyl halides is 3. The van der Waals surface area contributed by atoms with E-state index in [1.807, 2.05) is 0 Å². The van der Waals surface area contributed by atoms with Crippen molar-refractivity contribution < 1.29 is 27.5 Å². The maximum absolute atomic E-state index is 13.4. The van der Waals surface area contributed by atoms with Gasteiger partial charge in [0.1, 0.15) is 10.8 Å². The van der Waals surface area contributed by atoms with Gasteiger partial charge in [-0.1, -0.05) is 40.8 Å². The van der Waals surface area contributed by atoms with Crippen molar-refractivity contribution in [1.82, 2.24) is 30.3 Å². The average molecular weight is 598 g/mol. The molecule has 0 fully saturated rings. The van der Waals surface area contributed by atoms with Gasteiger partial charge in [0.2, 0.25) is 11.0 Å². The van der Waals surface area contributed by atoms with Gasteiger partial charge in [0.05, 0.1) is 23.5 Å². The molecule has 16 heteroatoms. The van der Waals surface area contributed by atoms with Gasteiger partial charge in [-0.3, -0.25) is 19.5 Å². The first-order valence-electron chi connectivity index (χ1n) is 11.1. The van der Waals surface area contributed by atoms with Crippen LogP contribution in [0.15, 0.2) is 53.7 Å². The van der Waals surface area contributed by atoms with Crippen molar-refractivity contribution in [2.75, 3.05) is 17.7 Å². The van der Waals surface area contributed by atoms with Crippen LogP contribution in [0.3, 0.4) is 0 Å². The molecule has 0 atom stereocenters. The molecular formula is C23H19ClF3N7O3S2. The predicted octanol–water partition coefficient (Wildman–Crippen LogP) is 4.53. The summed E-state index contributed by atoms with van der Waals surface area (Å²) in [6.45, 7) is 1.26. The van der Waals surface area contributed by atoms with Crippen LogP contribution < -0.4 is 15.4 Å². The molecule has 10 nitrogen and oxygen atoms in total. The highest BCUT2D eigenvalue weighted by Crippen LogP contribution is 2.32. The number of benzene rings is 2. The second kappa shape index (κ2) is 12.4. The van der Waals surface area contributed by atoms with Gasteiger partial charge in [0.25, 0.3) is 5.91 Å². The molecule has 0 spiro atoms. The zero-order valence-electron chi connectivity index (χ0n) is 20.0. The number of anilines is 1. The monoisotopic (exact) mass is 597 g/mol. The third kappa shape index (κ3) is 7.91. The highest BCUT2D eigenvalue weighted by molar-refractivity contribution is 7.99. The Balaban J connectivity index is 1.48. The molecular weight excluding hydrogens is 579 g/mol. The number of halogens is 4. The topological polar surface area (TPSA) is 124 Å². The number of rotatable bonds is 10. The third-order valence-corrected chi connectivity index (χ3v) is 6.80. The minimum Gasteiger partial charge on any atom is -0.484 e. The van der Waals surface area contributed by atoms with Gasteiger partial charge in [-0.05, 0) is 49.4 Å².